The summed E-state index contributed by atoms with van der Waals surface area (Å²) in [5, 5.41) is 0. The van der Waals surface area contributed by atoms with Crippen LogP contribution >= 0.6 is 0 Å². The quantitative estimate of drug-likeness (QED) is 0.669. The van der Waals surface area contributed by atoms with Crippen LogP contribution in [-0.2, 0) is 0 Å². The SMILES string of the molecule is C=C/N=C(\C(=C)F)c1ccc(C(=C)C)cc1. The summed E-state index contributed by atoms with van der Waals surface area (Å²) in [7, 11) is 0. The number of rotatable bonds is 4. The van der Waals surface area contributed by atoms with Crippen molar-refractivity contribution in [2.45, 2.75) is 6.92 Å². The summed E-state index contributed by atoms with van der Waals surface area (Å²) in [6.07, 6.45) is 1.30. The van der Waals surface area contributed by atoms with E-state index in [4.69, 9.17) is 0 Å². The molecule has 0 unspecified atom stereocenters. The van der Waals surface area contributed by atoms with Crippen LogP contribution in [0.15, 0.2) is 61.0 Å². The highest BCUT2D eigenvalue weighted by Gasteiger charge is 2.06. The van der Waals surface area contributed by atoms with Crippen LogP contribution in [0.25, 0.3) is 5.57 Å². The number of benzene rings is 1. The molecule has 1 nitrogen and oxygen atoms in total. The molecule has 0 amide bonds. The maximum absolute atomic E-state index is 13.1. The summed E-state index contributed by atoms with van der Waals surface area (Å²) < 4.78 is 13.1. The molecule has 0 aromatic heterocycles. The third-order valence-electron chi connectivity index (χ3n) is 2.13. The Balaban J connectivity index is 3.13. The molecule has 2 heteroatoms. The van der Waals surface area contributed by atoms with Crippen LogP contribution in [0.1, 0.15) is 18.1 Å². The molecule has 1 rings (SSSR count). The van der Waals surface area contributed by atoms with Crippen LogP contribution in [0.5, 0.6) is 0 Å². The fourth-order valence-electron chi connectivity index (χ4n) is 1.31. The number of halogens is 1. The van der Waals surface area contributed by atoms with Gasteiger partial charge >= 0.3 is 0 Å². The van der Waals surface area contributed by atoms with Crippen molar-refractivity contribution in [3.63, 3.8) is 0 Å². The topological polar surface area (TPSA) is 12.4 Å². The predicted octanol–water partition coefficient (Wildman–Crippen LogP) is 4.14. The molecule has 0 spiro atoms. The molecule has 0 N–H and O–H groups in total. The average Bonchev–Trinajstić information content (AvgIpc) is 2.25. The van der Waals surface area contributed by atoms with Gasteiger partial charge < -0.3 is 0 Å². The zero-order valence-electron chi connectivity index (χ0n) is 9.33. The van der Waals surface area contributed by atoms with Gasteiger partial charge in [0.1, 0.15) is 11.5 Å². The Hall–Kier alpha value is -1.96. The highest BCUT2D eigenvalue weighted by Crippen LogP contribution is 2.15. The fourth-order valence-corrected chi connectivity index (χ4v) is 1.31. The number of aliphatic imine (C=N–C) groups is 1. The van der Waals surface area contributed by atoms with Crippen LogP contribution in [-0.4, -0.2) is 5.71 Å². The second kappa shape index (κ2) is 5.21. The molecule has 0 radical (unpaired) electrons. The third kappa shape index (κ3) is 2.76. The summed E-state index contributed by atoms with van der Waals surface area (Å²) in [6, 6.07) is 7.33. The molecule has 16 heavy (non-hydrogen) atoms. The lowest BCUT2D eigenvalue weighted by Gasteiger charge is -2.04. The van der Waals surface area contributed by atoms with Gasteiger partial charge in [0, 0.05) is 11.8 Å². The maximum atomic E-state index is 13.1. The lowest BCUT2D eigenvalue weighted by Crippen LogP contribution is -2.00. The number of nitrogens with zero attached hydrogens (tertiary/aromatic N) is 1. The van der Waals surface area contributed by atoms with E-state index in [-0.39, 0.29) is 5.71 Å². The van der Waals surface area contributed by atoms with Gasteiger partial charge in [0.05, 0.1) is 0 Å². The van der Waals surface area contributed by atoms with Crippen molar-refractivity contribution < 1.29 is 4.39 Å². The summed E-state index contributed by atoms with van der Waals surface area (Å²) in [5.74, 6) is -0.567. The highest BCUT2D eigenvalue weighted by molar-refractivity contribution is 6.11. The summed E-state index contributed by atoms with van der Waals surface area (Å²) in [4.78, 5) is 3.85. The normalized spacial score (nSPS) is 11.0. The molecule has 0 aliphatic rings. The van der Waals surface area contributed by atoms with Gasteiger partial charge in [-0.3, -0.25) is 4.99 Å². The molecule has 1 aromatic rings. The summed E-state index contributed by atoms with van der Waals surface area (Å²) in [6.45, 7) is 12.4. The standard InChI is InChI=1S/C14H14FN/c1-5-16-14(11(4)15)13-8-6-12(7-9-13)10(2)3/h5-9H,1-2,4H2,3H3/b16-14+. The Labute approximate surface area is 95.3 Å². The highest BCUT2D eigenvalue weighted by atomic mass is 19.1. The molecule has 0 aliphatic heterocycles. The Morgan fingerprint density at radius 3 is 2.06 bits per heavy atom. The maximum Gasteiger partial charge on any atom is 0.142 e. The first kappa shape index (κ1) is 12.1. The molecule has 0 bridgehead atoms. The number of hydrogen-bond donors (Lipinski definition) is 0. The van der Waals surface area contributed by atoms with Gasteiger partial charge in [-0.2, -0.15) is 0 Å². The van der Waals surface area contributed by atoms with Crippen molar-refractivity contribution in [2.75, 3.05) is 0 Å². The smallest absolute Gasteiger partial charge is 0.142 e. The van der Waals surface area contributed by atoms with Crippen molar-refractivity contribution in [2.24, 2.45) is 4.99 Å². The summed E-state index contributed by atoms with van der Waals surface area (Å²) in [5.41, 5.74) is 2.87. The lowest BCUT2D eigenvalue weighted by molar-refractivity contribution is 0.686. The van der Waals surface area contributed by atoms with Crippen LogP contribution in [0, 0.1) is 0 Å². The first-order chi connectivity index (χ1) is 7.56. The van der Waals surface area contributed by atoms with Crippen molar-refractivity contribution in [3.05, 3.63) is 67.2 Å². The molecule has 1 aromatic carbocycles. The van der Waals surface area contributed by atoms with Crippen LogP contribution in [0.2, 0.25) is 0 Å². The average molecular weight is 215 g/mol. The minimum absolute atomic E-state index is 0.211. The van der Waals surface area contributed by atoms with Gasteiger partial charge in [0.15, 0.2) is 0 Å². The molecule has 0 aliphatic carbocycles. The van der Waals surface area contributed by atoms with E-state index in [1.54, 1.807) is 12.1 Å². The van der Waals surface area contributed by atoms with Gasteiger partial charge in [0.2, 0.25) is 0 Å². The molecule has 0 heterocycles. The minimum Gasteiger partial charge on any atom is -0.254 e. The van der Waals surface area contributed by atoms with Gasteiger partial charge in [-0.25, -0.2) is 4.39 Å². The van der Waals surface area contributed by atoms with Crippen molar-refractivity contribution in [1.29, 1.82) is 0 Å². The lowest BCUT2D eigenvalue weighted by atomic mass is 10.0. The van der Waals surface area contributed by atoms with E-state index >= 15 is 0 Å². The minimum atomic E-state index is -0.567. The van der Waals surface area contributed by atoms with Gasteiger partial charge in [-0.05, 0) is 12.5 Å². The van der Waals surface area contributed by atoms with E-state index in [1.807, 2.05) is 19.1 Å². The molecule has 0 fully saturated rings. The molecular formula is C14H14FN. The Morgan fingerprint density at radius 2 is 1.69 bits per heavy atom. The van der Waals surface area contributed by atoms with Crippen LogP contribution in [0.3, 0.4) is 0 Å². The fraction of sp³-hybridized carbons (Fsp3) is 0.0714. The monoisotopic (exact) mass is 215 g/mol. The molecule has 0 saturated carbocycles. The van der Waals surface area contributed by atoms with Crippen molar-refractivity contribution in [3.8, 4) is 0 Å². The van der Waals surface area contributed by atoms with Gasteiger partial charge in [-0.1, -0.05) is 49.6 Å². The van der Waals surface area contributed by atoms with Crippen LogP contribution in [0.4, 0.5) is 4.39 Å². The van der Waals surface area contributed by atoms with E-state index in [2.05, 4.69) is 24.7 Å². The number of allylic oxidation sites excluding steroid dienone is 2. The number of hydrogen-bond acceptors (Lipinski definition) is 1. The van der Waals surface area contributed by atoms with E-state index in [1.165, 1.54) is 6.20 Å². The van der Waals surface area contributed by atoms with Crippen molar-refractivity contribution >= 4 is 11.3 Å². The Morgan fingerprint density at radius 1 is 1.19 bits per heavy atom. The third-order valence-corrected chi connectivity index (χ3v) is 2.13. The second-order valence-electron chi connectivity index (χ2n) is 3.42. The largest absolute Gasteiger partial charge is 0.254 e. The zero-order valence-corrected chi connectivity index (χ0v) is 9.33. The Bertz CT molecular complexity index is 452. The first-order valence-corrected chi connectivity index (χ1v) is 4.86. The van der Waals surface area contributed by atoms with E-state index in [0.29, 0.717) is 5.56 Å². The van der Waals surface area contributed by atoms with E-state index in [9.17, 15) is 4.39 Å². The van der Waals surface area contributed by atoms with Crippen LogP contribution < -0.4 is 0 Å². The summed E-state index contributed by atoms with van der Waals surface area (Å²) >= 11 is 0. The molecular weight excluding hydrogens is 201 g/mol. The van der Waals surface area contributed by atoms with Gasteiger partial charge in [0.25, 0.3) is 0 Å². The first-order valence-electron chi connectivity index (χ1n) is 4.86. The molecule has 0 saturated heterocycles. The molecule has 0 atom stereocenters. The van der Waals surface area contributed by atoms with E-state index in [0.717, 1.165) is 11.1 Å². The molecule has 82 valence electrons. The van der Waals surface area contributed by atoms with Crippen molar-refractivity contribution in [1.82, 2.24) is 0 Å². The second-order valence-corrected chi connectivity index (χ2v) is 3.42. The zero-order chi connectivity index (χ0) is 12.1. The van der Waals surface area contributed by atoms with E-state index < -0.39 is 5.83 Å². The Kier molecular flexibility index (Phi) is 3.95. The van der Waals surface area contributed by atoms with Gasteiger partial charge in [-0.15, -0.1) is 0 Å². The predicted molar refractivity (Wildman–Crippen MR) is 68.1 cm³/mol.